The van der Waals surface area contributed by atoms with Gasteiger partial charge < -0.3 is 9.47 Å². The second-order valence-corrected chi connectivity index (χ2v) is 5.65. The van der Waals surface area contributed by atoms with E-state index in [4.69, 9.17) is 9.47 Å². The summed E-state index contributed by atoms with van der Waals surface area (Å²) in [5, 5.41) is 0. The van der Waals surface area contributed by atoms with E-state index in [1.165, 1.54) is 0 Å². The lowest BCUT2D eigenvalue weighted by Gasteiger charge is -2.37. The zero-order valence-corrected chi connectivity index (χ0v) is 11.8. The molecule has 1 aromatic heterocycles. The molecule has 2 unspecified atom stereocenters. The van der Waals surface area contributed by atoms with Crippen LogP contribution in [0.25, 0.3) is 0 Å². The third-order valence-electron chi connectivity index (χ3n) is 3.90. The van der Waals surface area contributed by atoms with Crippen LogP contribution in [0.5, 0.6) is 0 Å². The van der Waals surface area contributed by atoms with Crippen LogP contribution in [-0.4, -0.2) is 23.3 Å². The fourth-order valence-electron chi connectivity index (χ4n) is 2.92. The van der Waals surface area contributed by atoms with Crippen molar-refractivity contribution in [3.8, 4) is 0 Å². The molecule has 1 saturated heterocycles. The summed E-state index contributed by atoms with van der Waals surface area (Å²) in [6, 6.07) is 5.94. The molecular weight excluding hydrogens is 226 g/mol. The van der Waals surface area contributed by atoms with Crippen LogP contribution in [0.1, 0.15) is 51.8 Å². The fraction of sp³-hybridized carbons (Fsp3) is 0.667. The van der Waals surface area contributed by atoms with Gasteiger partial charge in [0, 0.05) is 13.3 Å². The standard InChI is InChI=1S/C15H23NO2/c1-5-15(10-9-14(2,3)18-15)13(17-4)12-8-6-7-11-16-12/h6-8,11,13H,5,9-10H2,1-4H3. The van der Waals surface area contributed by atoms with Crippen molar-refractivity contribution in [1.82, 2.24) is 4.98 Å². The Balaban J connectivity index is 2.31. The quantitative estimate of drug-likeness (QED) is 0.818. The summed E-state index contributed by atoms with van der Waals surface area (Å²) < 4.78 is 12.0. The lowest BCUT2D eigenvalue weighted by atomic mass is 9.87. The smallest absolute Gasteiger partial charge is 0.128 e. The Hall–Kier alpha value is -0.930. The number of hydrogen-bond acceptors (Lipinski definition) is 3. The lowest BCUT2D eigenvalue weighted by Crippen LogP contribution is -2.39. The summed E-state index contributed by atoms with van der Waals surface area (Å²) in [5.41, 5.74) is 0.647. The Bertz CT molecular complexity index is 391. The van der Waals surface area contributed by atoms with Gasteiger partial charge in [-0.05, 0) is 45.2 Å². The number of methoxy groups -OCH3 is 1. The van der Waals surface area contributed by atoms with E-state index in [-0.39, 0.29) is 17.3 Å². The maximum atomic E-state index is 6.33. The number of ether oxygens (including phenoxy) is 2. The lowest BCUT2D eigenvalue weighted by molar-refractivity contribution is -0.159. The molecular formula is C15H23NO2. The van der Waals surface area contributed by atoms with E-state index < -0.39 is 0 Å². The molecule has 3 nitrogen and oxygen atoms in total. The Morgan fingerprint density at radius 1 is 1.39 bits per heavy atom. The van der Waals surface area contributed by atoms with Gasteiger partial charge in [-0.1, -0.05) is 13.0 Å². The van der Waals surface area contributed by atoms with E-state index in [1.807, 2.05) is 24.4 Å². The first-order chi connectivity index (χ1) is 8.53. The molecule has 0 amide bonds. The van der Waals surface area contributed by atoms with Crippen LogP contribution >= 0.6 is 0 Å². The second kappa shape index (κ2) is 4.98. The van der Waals surface area contributed by atoms with E-state index >= 15 is 0 Å². The average Bonchev–Trinajstić information content (AvgIpc) is 2.69. The molecule has 0 aliphatic carbocycles. The molecule has 0 spiro atoms. The normalized spacial score (nSPS) is 28.2. The van der Waals surface area contributed by atoms with E-state index in [0.29, 0.717) is 0 Å². The predicted octanol–water partition coefficient (Wildman–Crippen LogP) is 3.51. The number of rotatable bonds is 4. The van der Waals surface area contributed by atoms with Gasteiger partial charge in [-0.3, -0.25) is 4.98 Å². The molecule has 0 saturated carbocycles. The van der Waals surface area contributed by atoms with Crippen LogP contribution in [-0.2, 0) is 9.47 Å². The van der Waals surface area contributed by atoms with Crippen molar-refractivity contribution in [2.24, 2.45) is 0 Å². The second-order valence-electron chi connectivity index (χ2n) is 5.65. The Morgan fingerprint density at radius 3 is 2.61 bits per heavy atom. The first kappa shape index (κ1) is 13.5. The van der Waals surface area contributed by atoms with Crippen LogP contribution < -0.4 is 0 Å². The molecule has 100 valence electrons. The average molecular weight is 249 g/mol. The summed E-state index contributed by atoms with van der Waals surface area (Å²) in [6.07, 6.45) is 4.74. The van der Waals surface area contributed by atoms with Crippen molar-refractivity contribution in [3.63, 3.8) is 0 Å². The highest BCUT2D eigenvalue weighted by Crippen LogP contribution is 2.47. The number of aromatic nitrogens is 1. The monoisotopic (exact) mass is 249 g/mol. The van der Waals surface area contributed by atoms with Gasteiger partial charge in [0.05, 0.1) is 11.3 Å². The molecule has 0 N–H and O–H groups in total. The van der Waals surface area contributed by atoms with E-state index in [9.17, 15) is 0 Å². The van der Waals surface area contributed by atoms with Gasteiger partial charge >= 0.3 is 0 Å². The summed E-state index contributed by atoms with van der Waals surface area (Å²) in [4.78, 5) is 4.43. The summed E-state index contributed by atoms with van der Waals surface area (Å²) in [5.74, 6) is 0. The Morgan fingerprint density at radius 2 is 2.17 bits per heavy atom. The summed E-state index contributed by atoms with van der Waals surface area (Å²) in [7, 11) is 1.74. The van der Waals surface area contributed by atoms with Gasteiger partial charge in [0.15, 0.2) is 0 Å². The van der Waals surface area contributed by atoms with Crippen LogP contribution in [0.2, 0.25) is 0 Å². The fourth-order valence-corrected chi connectivity index (χ4v) is 2.92. The molecule has 0 bridgehead atoms. The molecule has 18 heavy (non-hydrogen) atoms. The minimum Gasteiger partial charge on any atom is -0.372 e. The van der Waals surface area contributed by atoms with Crippen molar-refractivity contribution in [2.45, 2.75) is 57.3 Å². The van der Waals surface area contributed by atoms with Gasteiger partial charge in [0.1, 0.15) is 11.7 Å². The minimum atomic E-state index is -0.243. The molecule has 0 aromatic carbocycles. The molecule has 1 aliphatic rings. The van der Waals surface area contributed by atoms with Crippen molar-refractivity contribution >= 4 is 0 Å². The zero-order valence-electron chi connectivity index (χ0n) is 11.8. The minimum absolute atomic E-state index is 0.0679. The molecule has 1 fully saturated rings. The predicted molar refractivity (Wildman–Crippen MR) is 71.4 cm³/mol. The van der Waals surface area contributed by atoms with Gasteiger partial charge in [0.2, 0.25) is 0 Å². The van der Waals surface area contributed by atoms with E-state index in [2.05, 4.69) is 25.8 Å². The van der Waals surface area contributed by atoms with Gasteiger partial charge in [-0.2, -0.15) is 0 Å². The highest BCUT2D eigenvalue weighted by molar-refractivity contribution is 5.14. The summed E-state index contributed by atoms with van der Waals surface area (Å²) in [6.45, 7) is 6.46. The molecule has 1 aliphatic heterocycles. The Kier molecular flexibility index (Phi) is 3.74. The van der Waals surface area contributed by atoms with Crippen LogP contribution in [0, 0.1) is 0 Å². The summed E-state index contributed by atoms with van der Waals surface area (Å²) >= 11 is 0. The zero-order chi connectivity index (χ0) is 13.2. The maximum absolute atomic E-state index is 6.33. The maximum Gasteiger partial charge on any atom is 0.128 e. The largest absolute Gasteiger partial charge is 0.372 e. The van der Waals surface area contributed by atoms with Crippen molar-refractivity contribution in [3.05, 3.63) is 30.1 Å². The van der Waals surface area contributed by atoms with Crippen LogP contribution in [0.3, 0.4) is 0 Å². The van der Waals surface area contributed by atoms with Gasteiger partial charge in [0.25, 0.3) is 0 Å². The topological polar surface area (TPSA) is 31.4 Å². The molecule has 2 heterocycles. The van der Waals surface area contributed by atoms with Crippen LogP contribution in [0.4, 0.5) is 0 Å². The third kappa shape index (κ3) is 2.43. The first-order valence-corrected chi connectivity index (χ1v) is 6.67. The van der Waals surface area contributed by atoms with Gasteiger partial charge in [-0.25, -0.2) is 0 Å². The number of hydrogen-bond donors (Lipinski definition) is 0. The Labute approximate surface area is 110 Å². The molecule has 2 atom stereocenters. The van der Waals surface area contributed by atoms with E-state index in [1.54, 1.807) is 7.11 Å². The van der Waals surface area contributed by atoms with Gasteiger partial charge in [-0.15, -0.1) is 0 Å². The van der Waals surface area contributed by atoms with Crippen LogP contribution in [0.15, 0.2) is 24.4 Å². The number of nitrogens with zero attached hydrogens (tertiary/aromatic N) is 1. The van der Waals surface area contributed by atoms with E-state index in [0.717, 1.165) is 25.0 Å². The van der Waals surface area contributed by atoms with Crippen molar-refractivity contribution < 1.29 is 9.47 Å². The van der Waals surface area contributed by atoms with Crippen molar-refractivity contribution in [1.29, 1.82) is 0 Å². The van der Waals surface area contributed by atoms with Crippen molar-refractivity contribution in [2.75, 3.05) is 7.11 Å². The molecule has 2 rings (SSSR count). The SMILES string of the molecule is CCC1(C(OC)c2ccccn2)CCC(C)(C)O1. The molecule has 1 aromatic rings. The molecule has 3 heteroatoms. The number of pyridine rings is 1. The molecule has 0 radical (unpaired) electrons. The first-order valence-electron chi connectivity index (χ1n) is 6.67. The third-order valence-corrected chi connectivity index (χ3v) is 3.90. The highest BCUT2D eigenvalue weighted by Gasteiger charge is 2.49. The highest BCUT2D eigenvalue weighted by atomic mass is 16.6.